The van der Waals surface area contributed by atoms with Gasteiger partial charge >= 0.3 is 5.97 Å². The first-order chi connectivity index (χ1) is 8.97. The van der Waals surface area contributed by atoms with Gasteiger partial charge in [0.2, 0.25) is 0 Å². The molecule has 1 aromatic rings. The van der Waals surface area contributed by atoms with Gasteiger partial charge in [-0.1, -0.05) is 32.4 Å². The molecule has 1 saturated heterocycles. The Labute approximate surface area is 115 Å². The van der Waals surface area contributed by atoms with Gasteiger partial charge in [-0.3, -0.25) is 0 Å². The first-order valence-electron chi connectivity index (χ1n) is 7.05. The molecule has 0 atom stereocenters. The lowest BCUT2D eigenvalue weighted by atomic mass is 9.78. The van der Waals surface area contributed by atoms with Gasteiger partial charge in [-0.25, -0.2) is 4.79 Å². The van der Waals surface area contributed by atoms with Crippen LogP contribution in [0.15, 0.2) is 18.2 Å². The van der Waals surface area contributed by atoms with Crippen LogP contribution in [0.5, 0.6) is 0 Å². The van der Waals surface area contributed by atoms with Crippen LogP contribution < -0.4 is 4.90 Å². The third-order valence-electron chi connectivity index (χ3n) is 4.61. The number of hydrogen-bond donors (Lipinski definition) is 1. The van der Waals surface area contributed by atoms with E-state index in [9.17, 15) is 9.90 Å². The molecule has 0 spiro atoms. The molecule has 0 aromatic heterocycles. The monoisotopic (exact) mass is 261 g/mol. The largest absolute Gasteiger partial charge is 0.478 e. The predicted octanol–water partition coefficient (Wildman–Crippen LogP) is 3.71. The van der Waals surface area contributed by atoms with E-state index >= 15 is 0 Å². The Kier molecular flexibility index (Phi) is 3.83. The van der Waals surface area contributed by atoms with Gasteiger partial charge in [-0.2, -0.15) is 0 Å². The molecule has 1 N–H and O–H groups in total. The predicted molar refractivity (Wildman–Crippen MR) is 78.0 cm³/mol. The minimum absolute atomic E-state index is 0.419. The molecule has 19 heavy (non-hydrogen) atoms. The Morgan fingerprint density at radius 3 is 2.53 bits per heavy atom. The molecular weight excluding hydrogens is 238 g/mol. The molecule has 1 aromatic carbocycles. The van der Waals surface area contributed by atoms with E-state index in [-0.39, 0.29) is 0 Å². The molecule has 3 heteroatoms. The second kappa shape index (κ2) is 5.24. The maximum atomic E-state index is 11.4. The van der Waals surface area contributed by atoms with Gasteiger partial charge in [-0.05, 0) is 36.8 Å². The fourth-order valence-corrected chi connectivity index (χ4v) is 2.88. The molecule has 0 saturated carbocycles. The third kappa shape index (κ3) is 2.75. The lowest BCUT2D eigenvalue weighted by Gasteiger charge is -2.41. The smallest absolute Gasteiger partial charge is 0.337 e. The summed E-state index contributed by atoms with van der Waals surface area (Å²) in [4.78, 5) is 13.6. The Morgan fingerprint density at radius 1 is 1.37 bits per heavy atom. The lowest BCUT2D eigenvalue weighted by Crippen LogP contribution is -2.39. The molecule has 0 aliphatic carbocycles. The number of para-hydroxylation sites is 1. The van der Waals surface area contributed by atoms with E-state index in [0.29, 0.717) is 11.0 Å². The van der Waals surface area contributed by atoms with E-state index in [4.69, 9.17) is 0 Å². The highest BCUT2D eigenvalue weighted by Crippen LogP contribution is 2.37. The van der Waals surface area contributed by atoms with Crippen molar-refractivity contribution in [2.45, 2.75) is 40.0 Å². The van der Waals surface area contributed by atoms with Gasteiger partial charge in [-0.15, -0.1) is 0 Å². The molecule has 104 valence electrons. The summed E-state index contributed by atoms with van der Waals surface area (Å²) < 4.78 is 0. The zero-order valence-corrected chi connectivity index (χ0v) is 12.1. The van der Waals surface area contributed by atoms with Crippen molar-refractivity contribution >= 4 is 11.7 Å². The highest BCUT2D eigenvalue weighted by molar-refractivity contribution is 5.95. The maximum absolute atomic E-state index is 11.4. The van der Waals surface area contributed by atoms with Crippen LogP contribution in [0.4, 0.5) is 5.69 Å². The van der Waals surface area contributed by atoms with Gasteiger partial charge < -0.3 is 10.0 Å². The van der Waals surface area contributed by atoms with E-state index in [2.05, 4.69) is 18.7 Å². The van der Waals surface area contributed by atoms with E-state index < -0.39 is 5.97 Å². The van der Waals surface area contributed by atoms with Crippen LogP contribution in [0, 0.1) is 12.3 Å². The summed E-state index contributed by atoms with van der Waals surface area (Å²) in [6.07, 6.45) is 3.47. The molecule has 0 bridgehead atoms. The number of nitrogens with zero attached hydrogens (tertiary/aromatic N) is 1. The van der Waals surface area contributed by atoms with Crippen molar-refractivity contribution in [3.8, 4) is 0 Å². The number of piperidine rings is 1. The molecule has 1 heterocycles. The maximum Gasteiger partial charge on any atom is 0.337 e. The molecule has 2 rings (SSSR count). The Balaban J connectivity index is 2.27. The summed E-state index contributed by atoms with van der Waals surface area (Å²) >= 11 is 0. The lowest BCUT2D eigenvalue weighted by molar-refractivity contribution is 0.0697. The third-order valence-corrected chi connectivity index (χ3v) is 4.61. The second-order valence-corrected chi connectivity index (χ2v) is 5.93. The average molecular weight is 261 g/mol. The standard InChI is InChI=1S/C16H23NO2/c1-4-16(3)8-10-17(11-9-16)14-12(2)6-5-7-13(14)15(18)19/h5-7H,4,8-11H2,1-3H3,(H,18,19). The summed E-state index contributed by atoms with van der Waals surface area (Å²) in [5.74, 6) is -0.831. The van der Waals surface area contributed by atoms with Crippen LogP contribution in [0.1, 0.15) is 49.0 Å². The molecule has 0 radical (unpaired) electrons. The minimum Gasteiger partial charge on any atom is -0.478 e. The van der Waals surface area contributed by atoms with Crippen molar-refractivity contribution < 1.29 is 9.90 Å². The summed E-state index contributed by atoms with van der Waals surface area (Å²) in [6, 6.07) is 5.52. The summed E-state index contributed by atoms with van der Waals surface area (Å²) in [5.41, 5.74) is 2.82. The molecule has 1 fully saturated rings. The number of aromatic carboxylic acids is 1. The van der Waals surface area contributed by atoms with Crippen LogP contribution in [0.2, 0.25) is 0 Å². The Hall–Kier alpha value is -1.51. The normalized spacial score (nSPS) is 18.4. The van der Waals surface area contributed by atoms with E-state index in [1.165, 1.54) is 6.42 Å². The molecule has 3 nitrogen and oxygen atoms in total. The van der Waals surface area contributed by atoms with E-state index in [1.54, 1.807) is 6.07 Å². The number of anilines is 1. The summed E-state index contributed by atoms with van der Waals surface area (Å²) in [7, 11) is 0. The van der Waals surface area contributed by atoms with Gasteiger partial charge in [0.05, 0.1) is 11.3 Å². The van der Waals surface area contributed by atoms with Crippen molar-refractivity contribution in [2.75, 3.05) is 18.0 Å². The van der Waals surface area contributed by atoms with Gasteiger partial charge in [0.1, 0.15) is 0 Å². The first kappa shape index (κ1) is 13.9. The highest BCUT2D eigenvalue weighted by Gasteiger charge is 2.30. The number of carbonyl (C=O) groups is 1. The number of rotatable bonds is 3. The Bertz CT molecular complexity index is 474. The average Bonchev–Trinajstić information content (AvgIpc) is 2.40. The molecule has 1 aliphatic rings. The van der Waals surface area contributed by atoms with Crippen molar-refractivity contribution in [1.82, 2.24) is 0 Å². The molecule has 1 aliphatic heterocycles. The van der Waals surface area contributed by atoms with Crippen molar-refractivity contribution in [3.63, 3.8) is 0 Å². The van der Waals surface area contributed by atoms with Crippen molar-refractivity contribution in [1.29, 1.82) is 0 Å². The SMILES string of the molecule is CCC1(C)CCN(c2c(C)cccc2C(=O)O)CC1. The molecule has 0 amide bonds. The number of aryl methyl sites for hydroxylation is 1. The van der Waals surface area contributed by atoms with E-state index in [1.807, 2.05) is 19.1 Å². The number of carboxylic acids is 1. The van der Waals surface area contributed by atoms with E-state index in [0.717, 1.165) is 37.2 Å². The molecular formula is C16H23NO2. The van der Waals surface area contributed by atoms with Crippen LogP contribution in [-0.2, 0) is 0 Å². The zero-order chi connectivity index (χ0) is 14.0. The summed E-state index contributed by atoms with van der Waals surface area (Å²) in [6.45, 7) is 8.48. The fraction of sp³-hybridized carbons (Fsp3) is 0.562. The minimum atomic E-state index is -0.831. The highest BCUT2D eigenvalue weighted by atomic mass is 16.4. The topological polar surface area (TPSA) is 40.5 Å². The van der Waals surface area contributed by atoms with Crippen molar-refractivity contribution in [2.24, 2.45) is 5.41 Å². The zero-order valence-electron chi connectivity index (χ0n) is 12.1. The Morgan fingerprint density at radius 2 is 2.00 bits per heavy atom. The number of benzene rings is 1. The fourth-order valence-electron chi connectivity index (χ4n) is 2.88. The van der Waals surface area contributed by atoms with Gasteiger partial charge in [0, 0.05) is 13.1 Å². The summed E-state index contributed by atoms with van der Waals surface area (Å²) in [5, 5.41) is 9.34. The number of hydrogen-bond acceptors (Lipinski definition) is 2. The van der Waals surface area contributed by atoms with Gasteiger partial charge in [0.15, 0.2) is 0 Å². The van der Waals surface area contributed by atoms with Crippen LogP contribution >= 0.6 is 0 Å². The second-order valence-electron chi connectivity index (χ2n) is 5.93. The van der Waals surface area contributed by atoms with Crippen LogP contribution in [0.3, 0.4) is 0 Å². The van der Waals surface area contributed by atoms with Gasteiger partial charge in [0.25, 0.3) is 0 Å². The quantitative estimate of drug-likeness (QED) is 0.901. The molecule has 0 unspecified atom stereocenters. The first-order valence-corrected chi connectivity index (χ1v) is 7.05. The van der Waals surface area contributed by atoms with Crippen LogP contribution in [-0.4, -0.2) is 24.2 Å². The van der Waals surface area contributed by atoms with Crippen molar-refractivity contribution in [3.05, 3.63) is 29.3 Å². The van der Waals surface area contributed by atoms with Crippen LogP contribution in [0.25, 0.3) is 0 Å². The number of carboxylic acid groups (broad SMARTS) is 1.